The first kappa shape index (κ1) is 17.5. The molecular formula is C21H20N2O3S. The number of aryl methyl sites for hydroxylation is 1. The molecule has 0 aliphatic carbocycles. The fraction of sp³-hybridized carbons (Fsp3) is 0.190. The number of likely N-dealkylation sites (N-methyl/N-ethyl adjacent to an activating group) is 1. The van der Waals surface area contributed by atoms with Gasteiger partial charge in [0.15, 0.2) is 0 Å². The van der Waals surface area contributed by atoms with E-state index in [-0.39, 0.29) is 17.3 Å². The van der Waals surface area contributed by atoms with E-state index in [2.05, 4.69) is 0 Å². The molecule has 0 saturated carbocycles. The molecule has 138 valence electrons. The average molecular weight is 380 g/mol. The molecule has 3 aromatic carbocycles. The molecule has 1 aliphatic rings. The second-order valence-electron chi connectivity index (χ2n) is 6.81. The maximum Gasteiger partial charge on any atom is 0.265 e. The number of rotatable bonds is 3. The maximum absolute atomic E-state index is 13.0. The molecule has 0 aromatic heterocycles. The van der Waals surface area contributed by atoms with E-state index in [1.165, 1.54) is 9.21 Å². The summed E-state index contributed by atoms with van der Waals surface area (Å²) in [6.07, 6.45) is 0. The number of carbonyl (C=O) groups excluding carboxylic acids is 1. The lowest BCUT2D eigenvalue weighted by Gasteiger charge is -2.24. The molecule has 0 atom stereocenters. The number of sulfonamides is 1. The van der Waals surface area contributed by atoms with Crippen LogP contribution >= 0.6 is 0 Å². The minimum atomic E-state index is -3.74. The Balaban J connectivity index is 1.72. The lowest BCUT2D eigenvalue weighted by Crippen LogP contribution is -2.40. The number of anilines is 2. The predicted octanol–water partition coefficient (Wildman–Crippen LogP) is 3.63. The largest absolute Gasteiger partial charge is 0.314 e. The van der Waals surface area contributed by atoms with E-state index in [0.29, 0.717) is 11.1 Å². The Kier molecular flexibility index (Phi) is 3.96. The Labute approximate surface area is 158 Å². The van der Waals surface area contributed by atoms with Crippen LogP contribution in [0.4, 0.5) is 11.4 Å². The van der Waals surface area contributed by atoms with E-state index in [0.717, 1.165) is 22.2 Å². The minimum Gasteiger partial charge on any atom is -0.314 e. The second kappa shape index (κ2) is 6.09. The van der Waals surface area contributed by atoms with E-state index >= 15 is 0 Å². The van der Waals surface area contributed by atoms with Crippen molar-refractivity contribution in [1.29, 1.82) is 0 Å². The van der Waals surface area contributed by atoms with E-state index in [4.69, 9.17) is 0 Å². The van der Waals surface area contributed by atoms with E-state index in [1.807, 2.05) is 50.2 Å². The Hall–Kier alpha value is -2.86. The maximum atomic E-state index is 13.0. The van der Waals surface area contributed by atoms with Gasteiger partial charge in [0.25, 0.3) is 10.0 Å². The molecule has 1 heterocycles. The Morgan fingerprint density at radius 3 is 2.41 bits per heavy atom. The van der Waals surface area contributed by atoms with Gasteiger partial charge in [0.1, 0.15) is 6.54 Å². The van der Waals surface area contributed by atoms with Crippen LogP contribution in [0.1, 0.15) is 11.1 Å². The zero-order valence-corrected chi connectivity index (χ0v) is 16.2. The zero-order chi connectivity index (χ0) is 19.3. The molecular weight excluding hydrogens is 360 g/mol. The first-order valence-corrected chi connectivity index (χ1v) is 10.1. The number of carbonyl (C=O) groups is 1. The summed E-state index contributed by atoms with van der Waals surface area (Å²) in [6, 6.07) is 16.4. The summed E-state index contributed by atoms with van der Waals surface area (Å²) in [5.74, 6) is -0.280. The standard InChI is InChI=1S/C21H20N2O3S/c1-14-7-4-10-17(15(14)2)22(3)20(24)13-23-18-11-5-8-16-9-6-12-19(21(16)18)27(23,25)26/h4-12H,13H2,1-3H3. The zero-order valence-electron chi connectivity index (χ0n) is 15.4. The van der Waals surface area contributed by atoms with Gasteiger partial charge in [0.2, 0.25) is 5.91 Å². The summed E-state index contributed by atoms with van der Waals surface area (Å²) in [7, 11) is -2.06. The molecule has 3 aromatic rings. The van der Waals surface area contributed by atoms with E-state index < -0.39 is 10.0 Å². The fourth-order valence-electron chi connectivity index (χ4n) is 3.59. The van der Waals surface area contributed by atoms with Crippen molar-refractivity contribution >= 4 is 38.1 Å². The van der Waals surface area contributed by atoms with Crippen molar-refractivity contribution < 1.29 is 13.2 Å². The monoisotopic (exact) mass is 380 g/mol. The van der Waals surface area contributed by atoms with Crippen molar-refractivity contribution in [3.63, 3.8) is 0 Å². The Morgan fingerprint density at radius 1 is 1.00 bits per heavy atom. The second-order valence-corrected chi connectivity index (χ2v) is 8.65. The summed E-state index contributed by atoms with van der Waals surface area (Å²) >= 11 is 0. The first-order valence-electron chi connectivity index (χ1n) is 8.69. The van der Waals surface area contributed by atoms with Crippen LogP contribution < -0.4 is 9.21 Å². The summed E-state index contributed by atoms with van der Waals surface area (Å²) in [4.78, 5) is 14.7. The Morgan fingerprint density at radius 2 is 1.67 bits per heavy atom. The van der Waals surface area contributed by atoms with Gasteiger partial charge in [-0.25, -0.2) is 8.42 Å². The highest BCUT2D eigenvalue weighted by Gasteiger charge is 2.37. The molecule has 27 heavy (non-hydrogen) atoms. The fourth-order valence-corrected chi connectivity index (χ4v) is 5.25. The molecule has 4 rings (SSSR count). The van der Waals surface area contributed by atoms with Gasteiger partial charge in [0, 0.05) is 18.1 Å². The van der Waals surface area contributed by atoms with E-state index in [9.17, 15) is 13.2 Å². The molecule has 5 nitrogen and oxygen atoms in total. The smallest absolute Gasteiger partial charge is 0.265 e. The minimum absolute atomic E-state index is 0.236. The van der Waals surface area contributed by atoms with Crippen molar-refractivity contribution in [3.05, 3.63) is 65.7 Å². The summed E-state index contributed by atoms with van der Waals surface area (Å²) in [5.41, 5.74) is 3.43. The van der Waals surface area contributed by atoms with Gasteiger partial charge in [-0.2, -0.15) is 0 Å². The van der Waals surface area contributed by atoms with Crippen LogP contribution in [0.3, 0.4) is 0 Å². The van der Waals surface area contributed by atoms with Crippen LogP contribution in [-0.4, -0.2) is 27.9 Å². The molecule has 0 unspecified atom stereocenters. The number of nitrogens with zero attached hydrogens (tertiary/aromatic N) is 2. The van der Waals surface area contributed by atoms with Gasteiger partial charge >= 0.3 is 0 Å². The summed E-state index contributed by atoms with van der Waals surface area (Å²) in [6.45, 7) is 3.71. The lowest BCUT2D eigenvalue weighted by molar-refractivity contribution is -0.116. The lowest BCUT2D eigenvalue weighted by atomic mass is 10.1. The quantitative estimate of drug-likeness (QED) is 0.697. The van der Waals surface area contributed by atoms with Gasteiger partial charge in [-0.3, -0.25) is 9.10 Å². The number of hydrogen-bond acceptors (Lipinski definition) is 3. The summed E-state index contributed by atoms with van der Waals surface area (Å²) in [5, 5.41) is 1.54. The molecule has 0 saturated heterocycles. The van der Waals surface area contributed by atoms with E-state index in [1.54, 1.807) is 25.2 Å². The Bertz CT molecular complexity index is 1180. The highest BCUT2D eigenvalue weighted by atomic mass is 32.2. The van der Waals surface area contributed by atoms with Crippen LogP contribution in [0, 0.1) is 13.8 Å². The molecule has 1 amide bonds. The third-order valence-electron chi connectivity index (χ3n) is 5.27. The molecule has 6 heteroatoms. The number of amides is 1. The van der Waals surface area contributed by atoms with Gasteiger partial charge in [-0.15, -0.1) is 0 Å². The molecule has 0 spiro atoms. The van der Waals surface area contributed by atoms with Gasteiger partial charge < -0.3 is 4.90 Å². The van der Waals surface area contributed by atoms with Crippen molar-refractivity contribution in [2.24, 2.45) is 0 Å². The highest BCUT2D eigenvalue weighted by molar-refractivity contribution is 7.93. The van der Waals surface area contributed by atoms with Crippen LogP contribution in [0.2, 0.25) is 0 Å². The predicted molar refractivity (Wildman–Crippen MR) is 108 cm³/mol. The first-order chi connectivity index (χ1) is 12.8. The van der Waals surface area contributed by atoms with Crippen molar-refractivity contribution in [1.82, 2.24) is 0 Å². The SMILES string of the molecule is Cc1cccc(N(C)C(=O)CN2c3cccc4cccc(c34)S2(=O)=O)c1C. The van der Waals surface area contributed by atoms with Crippen molar-refractivity contribution in [3.8, 4) is 0 Å². The van der Waals surface area contributed by atoms with Crippen LogP contribution in [0.5, 0.6) is 0 Å². The van der Waals surface area contributed by atoms with Crippen molar-refractivity contribution in [2.45, 2.75) is 18.7 Å². The van der Waals surface area contributed by atoms with Crippen LogP contribution in [-0.2, 0) is 14.8 Å². The van der Waals surface area contributed by atoms with Gasteiger partial charge in [-0.1, -0.05) is 36.4 Å². The molecule has 1 aliphatic heterocycles. The van der Waals surface area contributed by atoms with Gasteiger partial charge in [-0.05, 0) is 48.6 Å². The third kappa shape index (κ3) is 2.59. The summed E-state index contributed by atoms with van der Waals surface area (Å²) < 4.78 is 27.3. The van der Waals surface area contributed by atoms with Crippen molar-refractivity contribution in [2.75, 3.05) is 22.8 Å². The number of benzene rings is 3. The molecule has 0 N–H and O–H groups in total. The normalized spacial score (nSPS) is 14.6. The topological polar surface area (TPSA) is 57.7 Å². The highest BCUT2D eigenvalue weighted by Crippen LogP contribution is 2.41. The number of hydrogen-bond donors (Lipinski definition) is 0. The van der Waals surface area contributed by atoms with Crippen LogP contribution in [0.25, 0.3) is 10.8 Å². The van der Waals surface area contributed by atoms with Gasteiger partial charge in [0.05, 0.1) is 10.6 Å². The molecule has 0 radical (unpaired) electrons. The van der Waals surface area contributed by atoms with Crippen LogP contribution in [0.15, 0.2) is 59.5 Å². The third-order valence-corrected chi connectivity index (χ3v) is 7.07. The average Bonchev–Trinajstić information content (AvgIpc) is 2.87. The molecule has 0 fully saturated rings. The molecule has 0 bridgehead atoms.